The number of hydrogen-bond acceptors (Lipinski definition) is 8. The zero-order valence-electron chi connectivity index (χ0n) is 14.8. The first-order valence-electron chi connectivity index (χ1n) is 8.51. The zero-order valence-corrected chi connectivity index (χ0v) is 14.8. The van der Waals surface area contributed by atoms with Crippen molar-refractivity contribution >= 4 is 11.9 Å². The molecule has 2 aromatic heterocycles. The first kappa shape index (κ1) is 20.0. The topological polar surface area (TPSA) is 114 Å². The number of rotatable bonds is 2. The fourth-order valence-electron chi connectivity index (χ4n) is 3.27. The van der Waals surface area contributed by atoms with E-state index in [2.05, 4.69) is 25.0 Å². The molecule has 9 nitrogen and oxygen atoms in total. The van der Waals surface area contributed by atoms with Crippen LogP contribution in [0, 0.1) is 6.92 Å². The van der Waals surface area contributed by atoms with E-state index in [0.29, 0.717) is 17.8 Å². The highest BCUT2D eigenvalue weighted by Crippen LogP contribution is 2.36. The van der Waals surface area contributed by atoms with Gasteiger partial charge in [-0.15, -0.1) is 0 Å². The van der Waals surface area contributed by atoms with Gasteiger partial charge in [-0.2, -0.15) is 18.2 Å². The number of carboxylic acids is 1. The van der Waals surface area contributed by atoms with Gasteiger partial charge in [0, 0.05) is 25.5 Å². The molecule has 152 valence electrons. The van der Waals surface area contributed by atoms with Crippen LogP contribution in [0.15, 0.2) is 23.0 Å². The Morgan fingerprint density at radius 3 is 2.57 bits per heavy atom. The Balaban J connectivity index is 0.000000279. The summed E-state index contributed by atoms with van der Waals surface area (Å²) in [6.45, 7) is 3.41. The molecule has 0 saturated carbocycles. The van der Waals surface area contributed by atoms with Gasteiger partial charge in [-0.3, -0.25) is 0 Å². The van der Waals surface area contributed by atoms with E-state index in [-0.39, 0.29) is 12.0 Å². The predicted octanol–water partition coefficient (Wildman–Crippen LogP) is 1.95. The molecule has 0 aliphatic carbocycles. The Bertz CT molecular complexity index is 801. The van der Waals surface area contributed by atoms with E-state index in [0.717, 1.165) is 31.9 Å². The number of hydrogen-bond donors (Lipinski definition) is 1. The van der Waals surface area contributed by atoms with Crippen molar-refractivity contribution in [2.24, 2.45) is 0 Å². The molecule has 2 aliphatic rings. The van der Waals surface area contributed by atoms with Crippen LogP contribution in [-0.2, 0) is 9.53 Å². The van der Waals surface area contributed by atoms with E-state index < -0.39 is 12.1 Å². The second-order valence-electron chi connectivity index (χ2n) is 6.38. The molecule has 3 atom stereocenters. The number of carboxylic acid groups (broad SMARTS) is 1. The highest BCUT2D eigenvalue weighted by atomic mass is 19.4. The summed E-state index contributed by atoms with van der Waals surface area (Å²) in [7, 11) is 0. The zero-order chi connectivity index (χ0) is 20.3. The molecular weight excluding hydrogens is 383 g/mol. The van der Waals surface area contributed by atoms with Crippen LogP contribution < -0.4 is 4.90 Å². The number of anilines is 1. The van der Waals surface area contributed by atoms with Crippen LogP contribution in [0.4, 0.5) is 19.1 Å². The maximum atomic E-state index is 10.6. The Morgan fingerprint density at radius 1 is 1.32 bits per heavy atom. The van der Waals surface area contributed by atoms with Gasteiger partial charge in [-0.05, 0) is 25.8 Å². The molecule has 4 heterocycles. The molecule has 2 aromatic rings. The number of nitrogens with zero attached hydrogens (tertiary/aromatic N) is 5. The minimum absolute atomic E-state index is 0.161. The first-order chi connectivity index (χ1) is 13.3. The van der Waals surface area contributed by atoms with Crippen LogP contribution in [-0.4, -0.2) is 62.7 Å². The van der Waals surface area contributed by atoms with Crippen LogP contribution in [0.25, 0.3) is 0 Å². The number of piperidine rings is 1. The van der Waals surface area contributed by atoms with Crippen molar-refractivity contribution in [2.75, 3.05) is 18.1 Å². The van der Waals surface area contributed by atoms with E-state index in [1.807, 2.05) is 13.0 Å². The summed E-state index contributed by atoms with van der Waals surface area (Å²) in [4.78, 5) is 24.3. The molecule has 0 bridgehead atoms. The first-order valence-corrected chi connectivity index (χ1v) is 8.51. The standard InChI is InChI=1S/C14H17N5O2.C2HF3O2/c1-9-17-13(21-18-9)10-7-12-11(3-6-20-12)19(8-10)14-15-4-2-5-16-14;3-2(4,5)1(6)7/h2,4-5,10-12H,3,6-8H2,1H3;(H,6,7)/t10-,11-,12-;/m1./s1. The fraction of sp³-hybridized carbons (Fsp3) is 0.562. The van der Waals surface area contributed by atoms with Crippen molar-refractivity contribution in [3.05, 3.63) is 30.2 Å². The van der Waals surface area contributed by atoms with Crippen LogP contribution >= 0.6 is 0 Å². The van der Waals surface area contributed by atoms with Crippen LogP contribution in [0.3, 0.4) is 0 Å². The van der Waals surface area contributed by atoms with Crippen molar-refractivity contribution in [2.45, 2.75) is 44.0 Å². The van der Waals surface area contributed by atoms with Gasteiger partial charge in [0.05, 0.1) is 18.1 Å². The summed E-state index contributed by atoms with van der Waals surface area (Å²) in [5, 5.41) is 11.0. The molecule has 28 heavy (non-hydrogen) atoms. The molecule has 0 amide bonds. The lowest BCUT2D eigenvalue weighted by Gasteiger charge is -2.39. The SMILES string of the molecule is Cc1noc([C@@H]2C[C@H]3OCC[C@H]3N(c3ncccn3)C2)n1.O=C(O)C(F)(F)F. The summed E-state index contributed by atoms with van der Waals surface area (Å²) in [6.07, 6.45) is 0.565. The third-order valence-electron chi connectivity index (χ3n) is 4.45. The van der Waals surface area contributed by atoms with E-state index >= 15 is 0 Å². The number of aryl methyl sites for hydroxylation is 1. The Morgan fingerprint density at radius 2 is 2.00 bits per heavy atom. The lowest BCUT2D eigenvalue weighted by Crippen LogP contribution is -2.49. The quantitative estimate of drug-likeness (QED) is 0.806. The minimum atomic E-state index is -5.08. The maximum Gasteiger partial charge on any atom is 0.490 e. The van der Waals surface area contributed by atoms with Gasteiger partial charge in [0.15, 0.2) is 5.82 Å². The lowest BCUT2D eigenvalue weighted by atomic mass is 9.90. The number of fused-ring (bicyclic) bond motifs is 1. The van der Waals surface area contributed by atoms with Crippen LogP contribution in [0.5, 0.6) is 0 Å². The van der Waals surface area contributed by atoms with Gasteiger partial charge in [0.1, 0.15) is 0 Å². The normalized spacial score (nSPS) is 24.3. The molecule has 0 spiro atoms. The smallest absolute Gasteiger partial charge is 0.475 e. The van der Waals surface area contributed by atoms with Crippen molar-refractivity contribution < 1.29 is 32.3 Å². The lowest BCUT2D eigenvalue weighted by molar-refractivity contribution is -0.192. The highest BCUT2D eigenvalue weighted by Gasteiger charge is 2.43. The largest absolute Gasteiger partial charge is 0.490 e. The van der Waals surface area contributed by atoms with Gasteiger partial charge in [0.25, 0.3) is 0 Å². The summed E-state index contributed by atoms with van der Waals surface area (Å²) >= 11 is 0. The molecule has 1 N–H and O–H groups in total. The van der Waals surface area contributed by atoms with Gasteiger partial charge in [-0.1, -0.05) is 5.16 Å². The number of halogens is 3. The van der Waals surface area contributed by atoms with Gasteiger partial charge in [0.2, 0.25) is 11.8 Å². The molecule has 2 fully saturated rings. The fourth-order valence-corrected chi connectivity index (χ4v) is 3.27. The maximum absolute atomic E-state index is 10.6. The summed E-state index contributed by atoms with van der Waals surface area (Å²) in [6, 6.07) is 2.17. The van der Waals surface area contributed by atoms with Crippen molar-refractivity contribution in [1.29, 1.82) is 0 Å². The van der Waals surface area contributed by atoms with E-state index in [1.165, 1.54) is 0 Å². The molecule has 0 unspecified atom stereocenters. The van der Waals surface area contributed by atoms with Crippen molar-refractivity contribution in [3.63, 3.8) is 0 Å². The van der Waals surface area contributed by atoms with Gasteiger partial charge >= 0.3 is 12.1 Å². The average molecular weight is 401 g/mol. The molecule has 12 heteroatoms. The molecule has 2 saturated heterocycles. The van der Waals surface area contributed by atoms with E-state index in [4.69, 9.17) is 19.2 Å². The third kappa shape index (κ3) is 4.55. The second-order valence-corrected chi connectivity index (χ2v) is 6.38. The average Bonchev–Trinajstić information content (AvgIpc) is 3.30. The van der Waals surface area contributed by atoms with Gasteiger partial charge in [-0.25, -0.2) is 14.8 Å². The monoisotopic (exact) mass is 401 g/mol. The minimum Gasteiger partial charge on any atom is -0.475 e. The van der Waals surface area contributed by atoms with E-state index in [9.17, 15) is 13.2 Å². The second kappa shape index (κ2) is 8.09. The number of carbonyl (C=O) groups is 1. The van der Waals surface area contributed by atoms with Crippen molar-refractivity contribution in [3.8, 4) is 0 Å². The van der Waals surface area contributed by atoms with E-state index in [1.54, 1.807) is 12.4 Å². The summed E-state index contributed by atoms with van der Waals surface area (Å²) in [5.74, 6) is -0.495. The predicted molar refractivity (Wildman–Crippen MR) is 87.6 cm³/mol. The van der Waals surface area contributed by atoms with Gasteiger partial charge < -0.3 is 19.3 Å². The van der Waals surface area contributed by atoms with Crippen molar-refractivity contribution in [1.82, 2.24) is 20.1 Å². The highest BCUT2D eigenvalue weighted by molar-refractivity contribution is 5.73. The molecular formula is C16H18F3N5O4. The Hall–Kier alpha value is -2.76. The Kier molecular flexibility index (Phi) is 5.77. The molecule has 0 radical (unpaired) electrons. The van der Waals surface area contributed by atoms with Crippen LogP contribution in [0.1, 0.15) is 30.5 Å². The molecule has 0 aromatic carbocycles. The Labute approximate surface area is 157 Å². The number of aliphatic carboxylic acids is 1. The molecule has 2 aliphatic heterocycles. The summed E-state index contributed by atoms with van der Waals surface area (Å²) in [5.41, 5.74) is 0. The number of ether oxygens (including phenoxy) is 1. The summed E-state index contributed by atoms with van der Waals surface area (Å²) < 4.78 is 43.0. The number of alkyl halides is 3. The van der Waals surface area contributed by atoms with Crippen LogP contribution in [0.2, 0.25) is 0 Å². The number of aromatic nitrogens is 4. The molecule has 4 rings (SSSR count). The third-order valence-corrected chi connectivity index (χ3v) is 4.45.